The molecular formula is C16H22F3NO2. The van der Waals surface area contributed by atoms with Crippen molar-refractivity contribution in [1.29, 1.82) is 0 Å². The second-order valence-corrected chi connectivity index (χ2v) is 5.78. The molecule has 1 aromatic carbocycles. The van der Waals surface area contributed by atoms with Crippen molar-refractivity contribution in [2.45, 2.75) is 50.7 Å². The number of carbonyl (C=O) groups is 1. The zero-order valence-corrected chi connectivity index (χ0v) is 12.9. The van der Waals surface area contributed by atoms with Gasteiger partial charge < -0.3 is 10.4 Å². The topological polar surface area (TPSA) is 49.3 Å². The van der Waals surface area contributed by atoms with E-state index in [9.17, 15) is 13.2 Å². The number of rotatable bonds is 3. The number of nitrogens with one attached hydrogen (secondary N) is 1. The lowest BCUT2D eigenvalue weighted by Crippen LogP contribution is -2.37. The molecule has 1 aromatic rings. The summed E-state index contributed by atoms with van der Waals surface area (Å²) in [6.45, 7) is 4.52. The molecule has 124 valence electrons. The summed E-state index contributed by atoms with van der Waals surface area (Å²) in [6, 6.07) is 9.86. The number of carboxylic acid groups (broad SMARTS) is 1. The van der Waals surface area contributed by atoms with Gasteiger partial charge in [0.2, 0.25) is 0 Å². The summed E-state index contributed by atoms with van der Waals surface area (Å²) in [5.74, 6) is -1.32. The maximum Gasteiger partial charge on any atom is 0.490 e. The van der Waals surface area contributed by atoms with Gasteiger partial charge in [0.25, 0.3) is 0 Å². The average Bonchev–Trinajstić information content (AvgIpc) is 2.37. The third kappa shape index (κ3) is 5.33. The van der Waals surface area contributed by atoms with Crippen molar-refractivity contribution in [3.8, 4) is 0 Å². The molecular weight excluding hydrogens is 295 g/mol. The van der Waals surface area contributed by atoms with E-state index in [-0.39, 0.29) is 0 Å². The van der Waals surface area contributed by atoms with E-state index in [0.717, 1.165) is 12.0 Å². The van der Waals surface area contributed by atoms with E-state index in [1.165, 1.54) is 24.0 Å². The average molecular weight is 317 g/mol. The van der Waals surface area contributed by atoms with Gasteiger partial charge in [0.15, 0.2) is 0 Å². The molecule has 2 rings (SSSR count). The fraction of sp³-hybridized carbons (Fsp3) is 0.562. The van der Waals surface area contributed by atoms with E-state index >= 15 is 0 Å². The third-order valence-corrected chi connectivity index (χ3v) is 3.84. The molecule has 0 saturated heterocycles. The number of halogens is 3. The van der Waals surface area contributed by atoms with Gasteiger partial charge in [-0.2, -0.15) is 13.2 Å². The first-order chi connectivity index (χ1) is 10.1. The monoisotopic (exact) mass is 317 g/mol. The van der Waals surface area contributed by atoms with Gasteiger partial charge in [-0.15, -0.1) is 0 Å². The zero-order valence-electron chi connectivity index (χ0n) is 12.9. The Morgan fingerprint density at radius 2 is 1.86 bits per heavy atom. The molecule has 6 heteroatoms. The van der Waals surface area contributed by atoms with Gasteiger partial charge in [0, 0.05) is 6.04 Å². The molecule has 1 saturated carbocycles. The molecule has 0 radical (unpaired) electrons. The maximum absolute atomic E-state index is 10.6. The van der Waals surface area contributed by atoms with Crippen LogP contribution in [0.2, 0.25) is 0 Å². The van der Waals surface area contributed by atoms with Crippen molar-refractivity contribution in [3.63, 3.8) is 0 Å². The van der Waals surface area contributed by atoms with E-state index in [0.29, 0.717) is 5.92 Å². The minimum atomic E-state index is -5.08. The molecule has 2 N–H and O–H groups in total. The van der Waals surface area contributed by atoms with Gasteiger partial charge in [-0.1, -0.05) is 38.1 Å². The van der Waals surface area contributed by atoms with Gasteiger partial charge in [0.05, 0.1) is 0 Å². The molecule has 0 bridgehead atoms. The van der Waals surface area contributed by atoms with Crippen LogP contribution in [0.3, 0.4) is 0 Å². The van der Waals surface area contributed by atoms with E-state index in [1.54, 1.807) is 0 Å². The van der Waals surface area contributed by atoms with Crippen LogP contribution in [0.15, 0.2) is 24.3 Å². The first kappa shape index (κ1) is 18.5. The van der Waals surface area contributed by atoms with Gasteiger partial charge in [0.1, 0.15) is 0 Å². The number of hydrogen-bond acceptors (Lipinski definition) is 2. The van der Waals surface area contributed by atoms with E-state index < -0.39 is 12.1 Å². The standard InChI is InChI=1S/C14H21N.C2HF3O2/c1-10(2)11-5-4-6-12(7-11)13-8-14(9-13)15-3;3-2(4,5)1(6)7/h4-7,10,13-15H,8-9H2,1-3H3;(H,6,7). The highest BCUT2D eigenvalue weighted by Gasteiger charge is 2.38. The molecule has 0 unspecified atom stereocenters. The Bertz CT molecular complexity index is 494. The number of benzene rings is 1. The molecule has 0 aliphatic heterocycles. The van der Waals surface area contributed by atoms with Crippen molar-refractivity contribution in [2.75, 3.05) is 7.05 Å². The Hall–Kier alpha value is -1.56. The highest BCUT2D eigenvalue weighted by Crippen LogP contribution is 2.37. The molecule has 1 fully saturated rings. The van der Waals surface area contributed by atoms with Crippen LogP contribution < -0.4 is 5.32 Å². The van der Waals surface area contributed by atoms with Crippen molar-refractivity contribution in [3.05, 3.63) is 35.4 Å². The highest BCUT2D eigenvalue weighted by molar-refractivity contribution is 5.73. The lowest BCUT2D eigenvalue weighted by Gasteiger charge is -2.35. The molecule has 1 aliphatic carbocycles. The normalized spacial score (nSPS) is 20.9. The van der Waals surface area contributed by atoms with Gasteiger partial charge in [-0.25, -0.2) is 4.79 Å². The summed E-state index contributed by atoms with van der Waals surface area (Å²) < 4.78 is 31.7. The Kier molecular flexibility index (Phi) is 6.41. The summed E-state index contributed by atoms with van der Waals surface area (Å²) >= 11 is 0. The minimum Gasteiger partial charge on any atom is -0.475 e. The summed E-state index contributed by atoms with van der Waals surface area (Å²) in [5, 5.41) is 10.5. The lowest BCUT2D eigenvalue weighted by atomic mass is 9.75. The van der Waals surface area contributed by atoms with E-state index in [4.69, 9.17) is 9.90 Å². The zero-order chi connectivity index (χ0) is 16.9. The maximum atomic E-state index is 10.6. The Labute approximate surface area is 128 Å². The number of carboxylic acids is 1. The number of aliphatic carboxylic acids is 1. The first-order valence-corrected chi connectivity index (χ1v) is 7.22. The summed E-state index contributed by atoms with van der Waals surface area (Å²) in [4.78, 5) is 8.90. The Morgan fingerprint density at radius 1 is 1.32 bits per heavy atom. The van der Waals surface area contributed by atoms with Crippen molar-refractivity contribution >= 4 is 5.97 Å². The molecule has 3 nitrogen and oxygen atoms in total. The van der Waals surface area contributed by atoms with Crippen LogP contribution in [0.1, 0.15) is 49.7 Å². The Morgan fingerprint density at radius 3 is 2.27 bits per heavy atom. The third-order valence-electron chi connectivity index (χ3n) is 3.84. The SMILES string of the molecule is CNC1CC(c2cccc(C(C)C)c2)C1.O=C(O)C(F)(F)F. The predicted molar refractivity (Wildman–Crippen MR) is 79.0 cm³/mol. The van der Waals surface area contributed by atoms with Crippen molar-refractivity contribution < 1.29 is 23.1 Å². The minimum absolute atomic E-state index is 0.644. The molecule has 0 heterocycles. The summed E-state index contributed by atoms with van der Waals surface area (Å²) in [6.07, 6.45) is -2.48. The van der Waals surface area contributed by atoms with Gasteiger partial charge in [-0.05, 0) is 42.9 Å². The molecule has 0 aromatic heterocycles. The summed E-state index contributed by atoms with van der Waals surface area (Å²) in [7, 11) is 2.06. The van der Waals surface area contributed by atoms with E-state index in [2.05, 4.69) is 50.5 Å². The molecule has 0 atom stereocenters. The van der Waals surface area contributed by atoms with Crippen LogP contribution in [0.5, 0.6) is 0 Å². The molecule has 0 amide bonds. The van der Waals surface area contributed by atoms with Crippen LogP contribution in [0, 0.1) is 0 Å². The second-order valence-electron chi connectivity index (χ2n) is 5.78. The quantitative estimate of drug-likeness (QED) is 0.888. The molecule has 1 aliphatic rings. The van der Waals surface area contributed by atoms with Crippen LogP contribution in [0.4, 0.5) is 13.2 Å². The second kappa shape index (κ2) is 7.63. The summed E-state index contributed by atoms with van der Waals surface area (Å²) in [5.41, 5.74) is 3.01. The van der Waals surface area contributed by atoms with Gasteiger partial charge in [-0.3, -0.25) is 0 Å². The highest BCUT2D eigenvalue weighted by atomic mass is 19.4. The van der Waals surface area contributed by atoms with Crippen LogP contribution in [-0.2, 0) is 4.79 Å². The first-order valence-electron chi connectivity index (χ1n) is 7.22. The van der Waals surface area contributed by atoms with Crippen molar-refractivity contribution in [1.82, 2.24) is 5.32 Å². The molecule has 22 heavy (non-hydrogen) atoms. The van der Waals surface area contributed by atoms with Crippen LogP contribution >= 0.6 is 0 Å². The fourth-order valence-corrected chi connectivity index (χ4v) is 2.30. The van der Waals surface area contributed by atoms with Gasteiger partial charge >= 0.3 is 12.1 Å². The lowest BCUT2D eigenvalue weighted by molar-refractivity contribution is -0.192. The number of hydrogen-bond donors (Lipinski definition) is 2. The largest absolute Gasteiger partial charge is 0.490 e. The smallest absolute Gasteiger partial charge is 0.475 e. The van der Waals surface area contributed by atoms with E-state index in [1.807, 2.05) is 0 Å². The molecule has 0 spiro atoms. The van der Waals surface area contributed by atoms with Crippen LogP contribution in [0.25, 0.3) is 0 Å². The predicted octanol–water partition coefficient (Wildman–Crippen LogP) is 3.91. The van der Waals surface area contributed by atoms with Crippen molar-refractivity contribution in [2.24, 2.45) is 0 Å². The Balaban J connectivity index is 0.000000295. The van der Waals surface area contributed by atoms with Crippen LogP contribution in [-0.4, -0.2) is 30.3 Å². The number of alkyl halides is 3. The fourth-order valence-electron chi connectivity index (χ4n) is 2.30.